The van der Waals surface area contributed by atoms with E-state index in [0.29, 0.717) is 5.41 Å². The van der Waals surface area contributed by atoms with Crippen molar-refractivity contribution < 1.29 is 4.74 Å². The molecule has 112 valence electrons. The Morgan fingerprint density at radius 1 is 1.30 bits per heavy atom. The summed E-state index contributed by atoms with van der Waals surface area (Å²) in [6.07, 6.45) is 7.39. The molecule has 0 radical (unpaired) electrons. The van der Waals surface area contributed by atoms with Crippen molar-refractivity contribution in [1.29, 1.82) is 0 Å². The highest BCUT2D eigenvalue weighted by Crippen LogP contribution is 2.41. The third-order valence-electron chi connectivity index (χ3n) is 4.63. The van der Waals surface area contributed by atoms with Crippen LogP contribution in [0.1, 0.15) is 56.4 Å². The fourth-order valence-corrected chi connectivity index (χ4v) is 3.78. The van der Waals surface area contributed by atoms with Crippen LogP contribution in [-0.4, -0.2) is 17.6 Å². The average molecular weight is 276 g/mol. The molecule has 0 bridgehead atoms. The number of methoxy groups -OCH3 is 1. The van der Waals surface area contributed by atoms with Crippen molar-refractivity contribution in [3.63, 3.8) is 0 Å². The molecule has 1 atom stereocenters. The van der Waals surface area contributed by atoms with Crippen LogP contribution < -0.4 is 10.5 Å². The van der Waals surface area contributed by atoms with Gasteiger partial charge in [-0.2, -0.15) is 0 Å². The molecule has 0 saturated heterocycles. The van der Waals surface area contributed by atoms with Gasteiger partial charge in [-0.25, -0.2) is 0 Å². The lowest BCUT2D eigenvalue weighted by atomic mass is 9.67. The van der Waals surface area contributed by atoms with E-state index in [1.165, 1.54) is 12.8 Å². The third-order valence-corrected chi connectivity index (χ3v) is 4.63. The Morgan fingerprint density at radius 2 is 2.00 bits per heavy atom. The van der Waals surface area contributed by atoms with Crippen molar-refractivity contribution in [3.8, 4) is 5.75 Å². The summed E-state index contributed by atoms with van der Waals surface area (Å²) in [4.78, 5) is 4.61. The molecule has 1 fully saturated rings. The van der Waals surface area contributed by atoms with E-state index >= 15 is 0 Å². The van der Waals surface area contributed by atoms with Crippen molar-refractivity contribution in [2.75, 3.05) is 7.11 Å². The van der Waals surface area contributed by atoms with Crippen molar-refractivity contribution in [1.82, 2.24) is 4.98 Å². The lowest BCUT2D eigenvalue weighted by Gasteiger charge is -2.42. The van der Waals surface area contributed by atoms with Gasteiger partial charge in [0.15, 0.2) is 0 Å². The third kappa shape index (κ3) is 3.14. The first kappa shape index (κ1) is 15.3. The largest absolute Gasteiger partial charge is 0.496 e. The molecule has 3 nitrogen and oxygen atoms in total. The minimum absolute atomic E-state index is 0.125. The number of ether oxygens (including phenoxy) is 1. The van der Waals surface area contributed by atoms with Gasteiger partial charge in [0.05, 0.1) is 7.11 Å². The standard InChI is InChI=1S/C17H28N2O/c1-12-10-19-14(13(2)15(12)20-5)9-17(18)8-6-7-16(3,4)11-17/h10H,6-9,11,18H2,1-5H3. The van der Waals surface area contributed by atoms with E-state index in [2.05, 4.69) is 25.8 Å². The van der Waals surface area contributed by atoms with E-state index < -0.39 is 0 Å². The summed E-state index contributed by atoms with van der Waals surface area (Å²) in [5.74, 6) is 0.952. The molecule has 1 unspecified atom stereocenters. The lowest BCUT2D eigenvalue weighted by Crippen LogP contribution is -2.48. The summed E-state index contributed by atoms with van der Waals surface area (Å²) in [5.41, 5.74) is 10.2. The summed E-state index contributed by atoms with van der Waals surface area (Å²) in [6.45, 7) is 8.77. The Labute approximate surface area is 122 Å². The fraction of sp³-hybridized carbons (Fsp3) is 0.706. The maximum Gasteiger partial charge on any atom is 0.128 e. The molecule has 2 rings (SSSR count). The van der Waals surface area contributed by atoms with Gasteiger partial charge in [0.2, 0.25) is 0 Å². The van der Waals surface area contributed by atoms with Crippen LogP contribution in [0, 0.1) is 19.3 Å². The van der Waals surface area contributed by atoms with Gasteiger partial charge in [0.1, 0.15) is 5.75 Å². The second kappa shape index (κ2) is 5.36. The summed E-state index contributed by atoms with van der Waals surface area (Å²) in [5, 5.41) is 0. The normalized spacial score (nSPS) is 25.5. The predicted molar refractivity (Wildman–Crippen MR) is 83.1 cm³/mol. The van der Waals surface area contributed by atoms with E-state index in [4.69, 9.17) is 10.5 Å². The fourth-order valence-electron chi connectivity index (χ4n) is 3.78. The predicted octanol–water partition coefficient (Wildman–Crippen LogP) is 3.55. The second-order valence-electron chi connectivity index (χ2n) is 7.28. The van der Waals surface area contributed by atoms with Crippen LogP contribution in [0.15, 0.2) is 6.20 Å². The first-order valence-corrected chi connectivity index (χ1v) is 7.54. The Bertz CT molecular complexity index is 496. The lowest BCUT2D eigenvalue weighted by molar-refractivity contribution is 0.150. The zero-order chi connectivity index (χ0) is 15.0. The molecule has 1 aliphatic rings. The van der Waals surface area contributed by atoms with Crippen LogP contribution in [0.25, 0.3) is 0 Å². The maximum absolute atomic E-state index is 6.68. The van der Waals surface area contributed by atoms with Gasteiger partial charge >= 0.3 is 0 Å². The second-order valence-corrected chi connectivity index (χ2v) is 7.28. The van der Waals surface area contributed by atoms with Crippen LogP contribution in [-0.2, 0) is 6.42 Å². The molecule has 2 N–H and O–H groups in total. The first-order chi connectivity index (χ1) is 9.26. The summed E-state index contributed by atoms with van der Waals surface area (Å²) < 4.78 is 5.50. The maximum atomic E-state index is 6.68. The highest BCUT2D eigenvalue weighted by atomic mass is 16.5. The monoisotopic (exact) mass is 276 g/mol. The van der Waals surface area contributed by atoms with Crippen molar-refractivity contribution in [2.45, 2.75) is 65.3 Å². The van der Waals surface area contributed by atoms with Crippen LogP contribution in [0.3, 0.4) is 0 Å². The Hall–Kier alpha value is -1.09. The number of nitrogens with two attached hydrogens (primary N) is 1. The highest BCUT2D eigenvalue weighted by Gasteiger charge is 2.37. The van der Waals surface area contributed by atoms with E-state index in [9.17, 15) is 0 Å². The SMILES string of the molecule is COc1c(C)cnc(CC2(N)CCCC(C)(C)C2)c1C. The van der Waals surface area contributed by atoms with Gasteiger partial charge < -0.3 is 10.5 Å². The molecular formula is C17H28N2O. The zero-order valence-corrected chi connectivity index (χ0v) is 13.5. The highest BCUT2D eigenvalue weighted by molar-refractivity contribution is 5.41. The summed E-state index contributed by atoms with van der Waals surface area (Å²) >= 11 is 0. The number of hydrogen-bond donors (Lipinski definition) is 1. The van der Waals surface area contributed by atoms with E-state index in [0.717, 1.165) is 41.8 Å². The number of pyridine rings is 1. The van der Waals surface area contributed by atoms with Crippen molar-refractivity contribution in [3.05, 3.63) is 23.0 Å². The van der Waals surface area contributed by atoms with Gasteiger partial charge in [-0.05, 0) is 38.5 Å². The van der Waals surface area contributed by atoms with Gasteiger partial charge in [-0.15, -0.1) is 0 Å². The van der Waals surface area contributed by atoms with Gasteiger partial charge in [-0.3, -0.25) is 4.98 Å². The number of rotatable bonds is 3. The van der Waals surface area contributed by atoms with Crippen LogP contribution >= 0.6 is 0 Å². The molecule has 3 heteroatoms. The van der Waals surface area contributed by atoms with Crippen molar-refractivity contribution in [2.24, 2.45) is 11.1 Å². The molecule has 0 amide bonds. The quantitative estimate of drug-likeness (QED) is 0.918. The van der Waals surface area contributed by atoms with E-state index in [1.54, 1.807) is 7.11 Å². The zero-order valence-electron chi connectivity index (χ0n) is 13.5. The van der Waals surface area contributed by atoms with Gasteiger partial charge in [0.25, 0.3) is 0 Å². The molecule has 0 aliphatic heterocycles. The van der Waals surface area contributed by atoms with Crippen molar-refractivity contribution >= 4 is 0 Å². The van der Waals surface area contributed by atoms with E-state index in [1.807, 2.05) is 13.1 Å². The minimum Gasteiger partial charge on any atom is -0.496 e. The van der Waals surface area contributed by atoms with Crippen LogP contribution in [0.2, 0.25) is 0 Å². The molecule has 20 heavy (non-hydrogen) atoms. The molecule has 0 aromatic carbocycles. The number of hydrogen-bond acceptors (Lipinski definition) is 3. The topological polar surface area (TPSA) is 48.1 Å². The molecule has 1 aromatic heterocycles. The smallest absolute Gasteiger partial charge is 0.128 e. The van der Waals surface area contributed by atoms with Crippen LogP contribution in [0.4, 0.5) is 0 Å². The number of aryl methyl sites for hydroxylation is 1. The number of aromatic nitrogens is 1. The minimum atomic E-state index is -0.125. The molecule has 1 heterocycles. The molecule has 1 aliphatic carbocycles. The molecule has 1 saturated carbocycles. The number of nitrogens with zero attached hydrogens (tertiary/aromatic N) is 1. The first-order valence-electron chi connectivity index (χ1n) is 7.54. The van der Waals surface area contributed by atoms with Gasteiger partial charge in [-0.1, -0.05) is 20.3 Å². The molecular weight excluding hydrogens is 248 g/mol. The average Bonchev–Trinajstić information content (AvgIpc) is 2.32. The summed E-state index contributed by atoms with van der Waals surface area (Å²) in [7, 11) is 1.72. The van der Waals surface area contributed by atoms with Gasteiger partial charge in [0, 0.05) is 35.0 Å². The summed E-state index contributed by atoms with van der Waals surface area (Å²) in [6, 6.07) is 0. The van der Waals surface area contributed by atoms with E-state index in [-0.39, 0.29) is 5.54 Å². The molecule has 0 spiro atoms. The Morgan fingerprint density at radius 3 is 2.60 bits per heavy atom. The Balaban J connectivity index is 2.26. The van der Waals surface area contributed by atoms with Crippen LogP contribution in [0.5, 0.6) is 5.75 Å². The Kier molecular flexibility index (Phi) is 4.10. The molecule has 1 aromatic rings.